The van der Waals surface area contributed by atoms with Gasteiger partial charge in [-0.2, -0.15) is 5.10 Å². The Hall–Kier alpha value is -2.67. The van der Waals surface area contributed by atoms with Gasteiger partial charge in [0.1, 0.15) is 0 Å². The second kappa shape index (κ2) is 6.62. The van der Waals surface area contributed by atoms with Crippen molar-refractivity contribution in [2.24, 2.45) is 0 Å². The van der Waals surface area contributed by atoms with Crippen LogP contribution in [0.4, 0.5) is 0 Å². The van der Waals surface area contributed by atoms with E-state index in [9.17, 15) is 14.7 Å². The Morgan fingerprint density at radius 3 is 2.83 bits per heavy atom. The third kappa shape index (κ3) is 3.40. The molecule has 0 spiro atoms. The molecular formula is C16H17N3O4. The van der Waals surface area contributed by atoms with Crippen LogP contribution in [-0.4, -0.2) is 57.5 Å². The van der Waals surface area contributed by atoms with Gasteiger partial charge in [0.15, 0.2) is 6.04 Å². The lowest BCUT2D eigenvalue weighted by atomic mass is 10.2. The largest absolute Gasteiger partial charge is 0.480 e. The average molecular weight is 315 g/mol. The maximum atomic E-state index is 12.5. The minimum absolute atomic E-state index is 0.0131. The zero-order valence-corrected chi connectivity index (χ0v) is 12.5. The van der Waals surface area contributed by atoms with E-state index in [-0.39, 0.29) is 19.1 Å². The fourth-order valence-electron chi connectivity index (χ4n) is 2.55. The van der Waals surface area contributed by atoms with Gasteiger partial charge in [-0.05, 0) is 5.56 Å². The number of morpholine rings is 1. The number of aromatic nitrogens is 2. The van der Waals surface area contributed by atoms with Gasteiger partial charge in [-0.25, -0.2) is 4.79 Å². The van der Waals surface area contributed by atoms with E-state index in [2.05, 4.69) is 5.10 Å². The summed E-state index contributed by atoms with van der Waals surface area (Å²) in [5, 5.41) is 13.4. The van der Waals surface area contributed by atoms with Crippen molar-refractivity contribution < 1.29 is 19.4 Å². The molecule has 0 saturated carbocycles. The molecular weight excluding hydrogens is 298 g/mol. The van der Waals surface area contributed by atoms with Gasteiger partial charge in [0, 0.05) is 12.7 Å². The van der Waals surface area contributed by atoms with E-state index >= 15 is 0 Å². The fraction of sp³-hybridized carbons (Fsp3) is 0.312. The maximum absolute atomic E-state index is 12.5. The Morgan fingerprint density at radius 1 is 1.30 bits per heavy atom. The molecule has 3 rings (SSSR count). The molecule has 1 unspecified atom stereocenters. The standard InChI is InChI=1S/C16H17N3O4/c20-15(19-6-7-23-11-14(19)16(21)22)13-8-17-18(10-13)9-12-4-2-1-3-5-12/h1-5,8,10,14H,6-7,9,11H2,(H,21,22). The summed E-state index contributed by atoms with van der Waals surface area (Å²) in [5.74, 6) is -1.39. The SMILES string of the molecule is O=C(O)C1COCCN1C(=O)c1cnn(Cc2ccccc2)c1. The highest BCUT2D eigenvalue weighted by atomic mass is 16.5. The van der Waals surface area contributed by atoms with Crippen molar-refractivity contribution in [3.05, 3.63) is 53.9 Å². The molecule has 120 valence electrons. The highest BCUT2D eigenvalue weighted by Gasteiger charge is 2.33. The fourth-order valence-corrected chi connectivity index (χ4v) is 2.55. The third-order valence-electron chi connectivity index (χ3n) is 3.74. The number of carbonyl (C=O) groups excluding carboxylic acids is 1. The number of benzene rings is 1. The zero-order chi connectivity index (χ0) is 16.2. The van der Waals surface area contributed by atoms with Crippen LogP contribution in [0.1, 0.15) is 15.9 Å². The Kier molecular flexibility index (Phi) is 4.38. The first-order chi connectivity index (χ1) is 11.1. The number of amides is 1. The van der Waals surface area contributed by atoms with Gasteiger partial charge < -0.3 is 14.7 Å². The average Bonchev–Trinajstić information content (AvgIpc) is 3.03. The molecule has 1 aliphatic rings. The third-order valence-corrected chi connectivity index (χ3v) is 3.74. The van der Waals surface area contributed by atoms with Crippen LogP contribution in [0.2, 0.25) is 0 Å². The van der Waals surface area contributed by atoms with Crippen LogP contribution in [0.5, 0.6) is 0 Å². The van der Waals surface area contributed by atoms with Gasteiger partial charge in [-0.3, -0.25) is 9.48 Å². The van der Waals surface area contributed by atoms with Gasteiger partial charge in [0.2, 0.25) is 0 Å². The molecule has 1 fully saturated rings. The number of carbonyl (C=O) groups is 2. The van der Waals surface area contributed by atoms with E-state index in [0.29, 0.717) is 18.7 Å². The van der Waals surface area contributed by atoms with Crippen molar-refractivity contribution in [2.45, 2.75) is 12.6 Å². The van der Waals surface area contributed by atoms with Gasteiger partial charge in [-0.1, -0.05) is 30.3 Å². The van der Waals surface area contributed by atoms with Crippen molar-refractivity contribution in [1.82, 2.24) is 14.7 Å². The Labute approximate surface area is 133 Å². The number of ether oxygens (including phenoxy) is 1. The van der Waals surface area contributed by atoms with E-state index in [1.54, 1.807) is 10.9 Å². The minimum Gasteiger partial charge on any atom is -0.480 e. The lowest BCUT2D eigenvalue weighted by molar-refractivity contribution is -0.147. The molecule has 0 radical (unpaired) electrons. The molecule has 23 heavy (non-hydrogen) atoms. The zero-order valence-electron chi connectivity index (χ0n) is 12.5. The summed E-state index contributed by atoms with van der Waals surface area (Å²) in [6.45, 7) is 1.17. The predicted octanol–water partition coefficient (Wildman–Crippen LogP) is 0.857. The van der Waals surface area contributed by atoms with Gasteiger partial charge in [-0.15, -0.1) is 0 Å². The predicted molar refractivity (Wildman–Crippen MR) is 81.1 cm³/mol. The monoisotopic (exact) mass is 315 g/mol. The summed E-state index contributed by atoms with van der Waals surface area (Å²) >= 11 is 0. The molecule has 7 heteroatoms. The van der Waals surface area contributed by atoms with E-state index in [1.807, 2.05) is 30.3 Å². The van der Waals surface area contributed by atoms with Crippen LogP contribution in [0.15, 0.2) is 42.7 Å². The Balaban J connectivity index is 1.74. The lowest BCUT2D eigenvalue weighted by Crippen LogP contribution is -2.52. The van der Waals surface area contributed by atoms with Crippen LogP contribution in [0.25, 0.3) is 0 Å². The van der Waals surface area contributed by atoms with E-state index in [1.165, 1.54) is 11.1 Å². The quantitative estimate of drug-likeness (QED) is 0.904. The molecule has 7 nitrogen and oxygen atoms in total. The highest BCUT2D eigenvalue weighted by molar-refractivity contribution is 5.96. The first-order valence-corrected chi connectivity index (χ1v) is 7.33. The first-order valence-electron chi connectivity index (χ1n) is 7.33. The highest BCUT2D eigenvalue weighted by Crippen LogP contribution is 2.13. The van der Waals surface area contributed by atoms with Crippen LogP contribution in [0.3, 0.4) is 0 Å². The molecule has 1 amide bonds. The van der Waals surface area contributed by atoms with Gasteiger partial charge in [0.05, 0.1) is 31.5 Å². The molecule has 0 aliphatic carbocycles. The van der Waals surface area contributed by atoms with E-state index < -0.39 is 12.0 Å². The molecule has 1 aliphatic heterocycles. The van der Waals surface area contributed by atoms with Gasteiger partial charge in [0.25, 0.3) is 5.91 Å². The topological polar surface area (TPSA) is 84.7 Å². The van der Waals surface area contributed by atoms with Gasteiger partial charge >= 0.3 is 5.97 Å². The molecule has 1 N–H and O–H groups in total. The Bertz CT molecular complexity index is 698. The van der Waals surface area contributed by atoms with Crippen molar-refractivity contribution in [1.29, 1.82) is 0 Å². The number of aliphatic carboxylic acids is 1. The van der Waals surface area contributed by atoms with Crippen molar-refractivity contribution in [3.63, 3.8) is 0 Å². The summed E-state index contributed by atoms with van der Waals surface area (Å²) < 4.78 is 6.81. The van der Waals surface area contributed by atoms with Crippen LogP contribution < -0.4 is 0 Å². The number of rotatable bonds is 4. The molecule has 2 aromatic rings. The molecule has 1 aromatic carbocycles. The number of nitrogens with zero attached hydrogens (tertiary/aromatic N) is 3. The number of hydrogen-bond donors (Lipinski definition) is 1. The molecule has 0 bridgehead atoms. The normalized spacial score (nSPS) is 17.9. The van der Waals surface area contributed by atoms with Crippen LogP contribution in [-0.2, 0) is 16.1 Å². The van der Waals surface area contributed by atoms with E-state index in [0.717, 1.165) is 5.56 Å². The summed E-state index contributed by atoms with van der Waals surface area (Å²) in [4.78, 5) is 25.1. The second-order valence-corrected chi connectivity index (χ2v) is 5.34. The lowest BCUT2D eigenvalue weighted by Gasteiger charge is -2.32. The molecule has 1 saturated heterocycles. The number of carboxylic acid groups (broad SMARTS) is 1. The summed E-state index contributed by atoms with van der Waals surface area (Å²) in [5.41, 5.74) is 1.46. The minimum atomic E-state index is -1.06. The number of carboxylic acids is 1. The van der Waals surface area contributed by atoms with Crippen LogP contribution >= 0.6 is 0 Å². The molecule has 1 aromatic heterocycles. The van der Waals surface area contributed by atoms with Crippen molar-refractivity contribution in [3.8, 4) is 0 Å². The Morgan fingerprint density at radius 2 is 2.09 bits per heavy atom. The summed E-state index contributed by atoms with van der Waals surface area (Å²) in [7, 11) is 0. The first kappa shape index (κ1) is 15.2. The molecule has 2 heterocycles. The number of hydrogen-bond acceptors (Lipinski definition) is 4. The van der Waals surface area contributed by atoms with Crippen LogP contribution in [0, 0.1) is 0 Å². The van der Waals surface area contributed by atoms with Crippen molar-refractivity contribution >= 4 is 11.9 Å². The summed E-state index contributed by atoms with van der Waals surface area (Å²) in [6, 6.07) is 8.82. The van der Waals surface area contributed by atoms with Crippen molar-refractivity contribution in [2.75, 3.05) is 19.8 Å². The van der Waals surface area contributed by atoms with E-state index in [4.69, 9.17) is 4.74 Å². The summed E-state index contributed by atoms with van der Waals surface area (Å²) in [6.07, 6.45) is 3.11. The second-order valence-electron chi connectivity index (χ2n) is 5.34. The maximum Gasteiger partial charge on any atom is 0.328 e. The molecule has 1 atom stereocenters. The smallest absolute Gasteiger partial charge is 0.328 e.